The van der Waals surface area contributed by atoms with Crippen molar-refractivity contribution in [1.29, 1.82) is 0 Å². The first-order chi connectivity index (χ1) is 25.5. The largest absolute Gasteiger partial charge is 0.294 e. The van der Waals surface area contributed by atoms with Crippen LogP contribution in [0.2, 0.25) is 0 Å². The molecule has 1 aliphatic carbocycles. The Morgan fingerprint density at radius 3 is 1.77 bits per heavy atom. The maximum absolute atomic E-state index is 5.09. The van der Waals surface area contributed by atoms with Crippen molar-refractivity contribution in [1.82, 2.24) is 24.5 Å². The molecule has 5 nitrogen and oxygen atoms in total. The van der Waals surface area contributed by atoms with Gasteiger partial charge in [0.15, 0.2) is 17.5 Å². The van der Waals surface area contributed by atoms with Crippen molar-refractivity contribution in [2.45, 2.75) is 19.3 Å². The van der Waals surface area contributed by atoms with Crippen molar-refractivity contribution in [2.24, 2.45) is 0 Å². The summed E-state index contributed by atoms with van der Waals surface area (Å²) in [7, 11) is 0. The molecule has 52 heavy (non-hydrogen) atoms. The number of pyridine rings is 1. The van der Waals surface area contributed by atoms with Crippen LogP contribution in [0.4, 0.5) is 0 Å². The lowest BCUT2D eigenvalue weighted by Gasteiger charge is -2.22. The van der Waals surface area contributed by atoms with Crippen LogP contribution in [-0.2, 0) is 5.41 Å². The van der Waals surface area contributed by atoms with Crippen molar-refractivity contribution in [3.8, 4) is 62.1 Å². The molecule has 0 radical (unpaired) electrons. The normalized spacial score (nSPS) is 13.0. The van der Waals surface area contributed by atoms with Crippen molar-refractivity contribution >= 4 is 21.9 Å². The van der Waals surface area contributed by atoms with E-state index in [4.69, 9.17) is 19.9 Å². The number of para-hydroxylation sites is 1. The average molecular weight is 668 g/mol. The van der Waals surface area contributed by atoms with Crippen LogP contribution in [0, 0.1) is 0 Å². The average Bonchev–Trinajstić information content (AvgIpc) is 3.66. The number of nitrogens with zero attached hydrogens (tertiary/aromatic N) is 5. The second-order valence-electron chi connectivity index (χ2n) is 14.0. The van der Waals surface area contributed by atoms with E-state index < -0.39 is 0 Å². The third-order valence-corrected chi connectivity index (χ3v) is 10.5. The highest BCUT2D eigenvalue weighted by molar-refractivity contribution is 6.07. The quantitative estimate of drug-likeness (QED) is 0.183. The second kappa shape index (κ2) is 11.7. The van der Waals surface area contributed by atoms with Crippen LogP contribution in [0.5, 0.6) is 0 Å². The number of benzene rings is 6. The zero-order valence-electron chi connectivity index (χ0n) is 28.8. The van der Waals surface area contributed by atoms with E-state index >= 15 is 0 Å². The van der Waals surface area contributed by atoms with Crippen LogP contribution >= 0.6 is 0 Å². The summed E-state index contributed by atoms with van der Waals surface area (Å²) in [5.74, 6) is 1.95. The molecule has 6 aromatic carbocycles. The number of aromatic nitrogens is 5. The lowest BCUT2D eigenvalue weighted by Crippen LogP contribution is -2.15. The highest BCUT2D eigenvalue weighted by Gasteiger charge is 2.36. The van der Waals surface area contributed by atoms with E-state index in [1.165, 1.54) is 33.2 Å². The van der Waals surface area contributed by atoms with E-state index in [2.05, 4.69) is 134 Å². The molecule has 3 aromatic heterocycles. The second-order valence-corrected chi connectivity index (χ2v) is 14.0. The van der Waals surface area contributed by atoms with Gasteiger partial charge in [0, 0.05) is 44.8 Å². The Balaban J connectivity index is 1.09. The van der Waals surface area contributed by atoms with Gasteiger partial charge in [0.2, 0.25) is 0 Å². The third kappa shape index (κ3) is 4.78. The van der Waals surface area contributed by atoms with Gasteiger partial charge in [-0.3, -0.25) is 4.57 Å². The molecular formula is C47H33N5. The zero-order chi connectivity index (χ0) is 34.8. The van der Waals surface area contributed by atoms with Gasteiger partial charge in [-0.05, 0) is 69.8 Å². The maximum atomic E-state index is 5.09. The van der Waals surface area contributed by atoms with Gasteiger partial charge in [-0.15, -0.1) is 0 Å². The summed E-state index contributed by atoms with van der Waals surface area (Å²) in [6.45, 7) is 4.64. The first-order valence-corrected chi connectivity index (χ1v) is 17.6. The summed E-state index contributed by atoms with van der Waals surface area (Å²) in [6.07, 6.45) is 1.88. The van der Waals surface area contributed by atoms with Gasteiger partial charge >= 0.3 is 0 Å². The van der Waals surface area contributed by atoms with Crippen molar-refractivity contribution in [3.63, 3.8) is 0 Å². The fourth-order valence-corrected chi connectivity index (χ4v) is 7.87. The van der Waals surface area contributed by atoms with Crippen LogP contribution in [0.25, 0.3) is 84.0 Å². The fraction of sp³-hybridized carbons (Fsp3) is 0.0638. The summed E-state index contributed by atoms with van der Waals surface area (Å²) in [5, 5.41) is 2.36. The molecule has 0 aliphatic heterocycles. The minimum Gasteiger partial charge on any atom is -0.294 e. The molecule has 0 bridgehead atoms. The number of hydrogen-bond donors (Lipinski definition) is 0. The summed E-state index contributed by atoms with van der Waals surface area (Å²) < 4.78 is 2.29. The fourth-order valence-electron chi connectivity index (χ4n) is 7.87. The van der Waals surface area contributed by atoms with Gasteiger partial charge in [-0.1, -0.05) is 135 Å². The Bertz CT molecular complexity index is 2750. The smallest absolute Gasteiger partial charge is 0.164 e. The van der Waals surface area contributed by atoms with E-state index in [0.29, 0.717) is 17.5 Å². The third-order valence-electron chi connectivity index (χ3n) is 10.5. The molecule has 5 heteroatoms. The van der Waals surface area contributed by atoms with E-state index in [1.54, 1.807) is 0 Å². The molecule has 0 unspecified atom stereocenters. The highest BCUT2D eigenvalue weighted by Crippen LogP contribution is 2.50. The molecule has 3 heterocycles. The van der Waals surface area contributed by atoms with Crippen molar-refractivity contribution < 1.29 is 0 Å². The van der Waals surface area contributed by atoms with Crippen LogP contribution < -0.4 is 0 Å². The molecule has 0 spiro atoms. The van der Waals surface area contributed by atoms with Gasteiger partial charge in [0.25, 0.3) is 0 Å². The molecule has 9 aromatic rings. The first-order valence-electron chi connectivity index (χ1n) is 17.6. The summed E-state index contributed by atoms with van der Waals surface area (Å²) in [5.41, 5.74) is 13.2. The van der Waals surface area contributed by atoms with Gasteiger partial charge < -0.3 is 0 Å². The molecule has 0 saturated heterocycles. The Morgan fingerprint density at radius 1 is 0.442 bits per heavy atom. The van der Waals surface area contributed by atoms with Crippen molar-refractivity contribution in [3.05, 3.63) is 175 Å². The van der Waals surface area contributed by atoms with Gasteiger partial charge in [0.05, 0.1) is 5.52 Å². The first kappa shape index (κ1) is 30.1. The van der Waals surface area contributed by atoms with Crippen LogP contribution in [-0.4, -0.2) is 24.5 Å². The number of fused-ring (bicyclic) bond motifs is 6. The molecule has 1 aliphatic rings. The predicted molar refractivity (Wildman–Crippen MR) is 211 cm³/mol. The van der Waals surface area contributed by atoms with E-state index in [0.717, 1.165) is 44.5 Å². The standard InChI is InChI=1S/C47H33N5/c1-47(2)40-26-23-34(28-39(40)36-25-24-35(29-41(36)47)52-42-18-10-9-16-37(42)38-17-11-27-48-46(38)52)45-50-43(32-14-7-4-8-15-32)49-44(51-45)33-21-19-31(20-22-33)30-12-5-3-6-13-30/h3-29H,1-2H3. The summed E-state index contributed by atoms with van der Waals surface area (Å²) in [6, 6.07) is 55.3. The minimum atomic E-state index is -0.203. The van der Waals surface area contributed by atoms with E-state index in [9.17, 15) is 0 Å². The Labute approximate surface area is 302 Å². The highest BCUT2D eigenvalue weighted by atomic mass is 15.0. The maximum Gasteiger partial charge on any atom is 0.164 e. The van der Waals surface area contributed by atoms with Crippen LogP contribution in [0.3, 0.4) is 0 Å². The molecule has 10 rings (SSSR count). The topological polar surface area (TPSA) is 56.5 Å². The number of rotatable bonds is 5. The molecule has 0 N–H and O–H groups in total. The van der Waals surface area contributed by atoms with Gasteiger partial charge in [0.1, 0.15) is 5.65 Å². The van der Waals surface area contributed by atoms with Crippen molar-refractivity contribution in [2.75, 3.05) is 0 Å². The SMILES string of the molecule is CC1(C)c2ccc(-c3nc(-c4ccccc4)nc(-c4ccc(-c5ccccc5)cc4)n3)cc2-c2ccc(-n3c4ccccc4c4cccnc43)cc21. The molecule has 0 amide bonds. The van der Waals surface area contributed by atoms with E-state index in [1.807, 2.05) is 48.7 Å². The van der Waals surface area contributed by atoms with Crippen LogP contribution in [0.15, 0.2) is 164 Å². The lowest BCUT2D eigenvalue weighted by atomic mass is 9.82. The predicted octanol–water partition coefficient (Wildman–Crippen LogP) is 11.3. The molecule has 0 saturated carbocycles. The zero-order valence-corrected chi connectivity index (χ0v) is 28.8. The monoisotopic (exact) mass is 667 g/mol. The van der Waals surface area contributed by atoms with Gasteiger partial charge in [-0.2, -0.15) is 0 Å². The summed E-state index contributed by atoms with van der Waals surface area (Å²) >= 11 is 0. The molecule has 0 atom stereocenters. The Morgan fingerprint density at radius 2 is 1.02 bits per heavy atom. The summed E-state index contributed by atoms with van der Waals surface area (Å²) in [4.78, 5) is 20.0. The van der Waals surface area contributed by atoms with Gasteiger partial charge in [-0.25, -0.2) is 19.9 Å². The lowest BCUT2D eigenvalue weighted by molar-refractivity contribution is 0.660. The Hall–Kier alpha value is -6.72. The molecule has 246 valence electrons. The number of hydrogen-bond acceptors (Lipinski definition) is 4. The molecular weight excluding hydrogens is 635 g/mol. The minimum absolute atomic E-state index is 0.203. The van der Waals surface area contributed by atoms with E-state index in [-0.39, 0.29) is 5.41 Å². The van der Waals surface area contributed by atoms with Crippen LogP contribution in [0.1, 0.15) is 25.0 Å². The molecule has 0 fully saturated rings. The Kier molecular flexibility index (Phi) is 6.77.